The Balaban J connectivity index is 2.51. The number of carbonyl (C=O) groups excluding carboxylic acids is 1. The molecule has 0 aliphatic rings. The minimum atomic E-state index is -0.00687. The van der Waals surface area contributed by atoms with Crippen molar-refractivity contribution in [2.45, 2.75) is 6.92 Å². The number of halogens is 3. The second-order valence-electron chi connectivity index (χ2n) is 3.47. The van der Waals surface area contributed by atoms with Crippen LogP contribution in [0, 0.1) is 6.92 Å². The van der Waals surface area contributed by atoms with E-state index in [2.05, 4.69) is 31.9 Å². The SMILES string of the molecule is Cc1c(Cl)cccc1C(=O)c1scc(Br)c1Br. The van der Waals surface area contributed by atoms with Crippen LogP contribution in [0.4, 0.5) is 0 Å². The number of benzene rings is 1. The maximum absolute atomic E-state index is 12.4. The molecule has 0 N–H and O–H groups in total. The summed E-state index contributed by atoms with van der Waals surface area (Å²) in [6.07, 6.45) is 0. The van der Waals surface area contributed by atoms with Gasteiger partial charge in [-0.15, -0.1) is 11.3 Å². The molecule has 0 radical (unpaired) electrons. The van der Waals surface area contributed by atoms with E-state index in [-0.39, 0.29) is 5.78 Å². The fraction of sp³-hybridized carbons (Fsp3) is 0.0833. The van der Waals surface area contributed by atoms with Crippen LogP contribution in [0.15, 0.2) is 32.5 Å². The summed E-state index contributed by atoms with van der Waals surface area (Å²) in [4.78, 5) is 13.0. The predicted molar refractivity (Wildman–Crippen MR) is 79.3 cm³/mol. The van der Waals surface area contributed by atoms with Crippen molar-refractivity contribution in [1.82, 2.24) is 0 Å². The fourth-order valence-corrected chi connectivity index (χ4v) is 3.73. The predicted octanol–water partition coefficient (Wildman–Crippen LogP) is 5.47. The minimum absolute atomic E-state index is 0.00687. The molecule has 0 saturated carbocycles. The van der Waals surface area contributed by atoms with Crippen molar-refractivity contribution < 1.29 is 4.79 Å². The molecule has 1 aromatic carbocycles. The molecule has 0 atom stereocenters. The first-order valence-corrected chi connectivity index (χ1v) is 7.59. The molecule has 0 saturated heterocycles. The standard InChI is InChI=1S/C12H7Br2ClOS/c1-6-7(3-2-4-9(6)15)11(16)12-10(14)8(13)5-17-12/h2-5H,1H3. The molecule has 0 unspecified atom stereocenters. The lowest BCUT2D eigenvalue weighted by Crippen LogP contribution is -2.02. The molecule has 1 nitrogen and oxygen atoms in total. The molecule has 1 aromatic heterocycles. The van der Waals surface area contributed by atoms with Crippen molar-refractivity contribution in [2.24, 2.45) is 0 Å². The van der Waals surface area contributed by atoms with Crippen molar-refractivity contribution in [1.29, 1.82) is 0 Å². The zero-order chi connectivity index (χ0) is 12.6. The summed E-state index contributed by atoms with van der Waals surface area (Å²) in [7, 11) is 0. The Bertz CT molecular complexity index is 592. The van der Waals surface area contributed by atoms with Crippen molar-refractivity contribution in [3.05, 3.63) is 53.6 Å². The van der Waals surface area contributed by atoms with Gasteiger partial charge in [-0.05, 0) is 50.4 Å². The van der Waals surface area contributed by atoms with Crippen LogP contribution < -0.4 is 0 Å². The Hall–Kier alpha value is -0.160. The Kier molecular flexibility index (Phi) is 4.08. The molecule has 17 heavy (non-hydrogen) atoms. The minimum Gasteiger partial charge on any atom is -0.288 e. The Morgan fingerprint density at radius 1 is 1.35 bits per heavy atom. The highest BCUT2D eigenvalue weighted by Crippen LogP contribution is 2.35. The van der Waals surface area contributed by atoms with Gasteiger partial charge in [0, 0.05) is 20.4 Å². The maximum atomic E-state index is 12.4. The Labute approximate surface area is 125 Å². The van der Waals surface area contributed by atoms with Gasteiger partial charge in [0.2, 0.25) is 5.78 Å². The van der Waals surface area contributed by atoms with Gasteiger partial charge in [0.05, 0.1) is 9.35 Å². The largest absolute Gasteiger partial charge is 0.288 e. The number of carbonyl (C=O) groups is 1. The van der Waals surface area contributed by atoms with Crippen LogP contribution in [0.3, 0.4) is 0 Å². The van der Waals surface area contributed by atoms with E-state index in [9.17, 15) is 4.79 Å². The van der Waals surface area contributed by atoms with Gasteiger partial charge in [0.15, 0.2) is 0 Å². The highest BCUT2D eigenvalue weighted by molar-refractivity contribution is 9.13. The summed E-state index contributed by atoms with van der Waals surface area (Å²) < 4.78 is 1.69. The molecule has 0 aliphatic heterocycles. The van der Waals surface area contributed by atoms with Crippen molar-refractivity contribution >= 4 is 60.6 Å². The van der Waals surface area contributed by atoms with E-state index in [1.807, 2.05) is 12.3 Å². The summed E-state index contributed by atoms with van der Waals surface area (Å²) in [6, 6.07) is 5.37. The lowest BCUT2D eigenvalue weighted by molar-refractivity contribution is 0.104. The highest BCUT2D eigenvalue weighted by atomic mass is 79.9. The molecule has 1 heterocycles. The van der Waals surface area contributed by atoms with Crippen LogP contribution in [-0.4, -0.2) is 5.78 Å². The van der Waals surface area contributed by atoms with Gasteiger partial charge in [0.25, 0.3) is 0 Å². The van der Waals surface area contributed by atoms with E-state index in [0.717, 1.165) is 14.5 Å². The molecule has 0 aliphatic carbocycles. The topological polar surface area (TPSA) is 17.1 Å². The third-order valence-corrected chi connectivity index (χ3v) is 6.34. The monoisotopic (exact) mass is 392 g/mol. The highest BCUT2D eigenvalue weighted by Gasteiger charge is 2.19. The number of rotatable bonds is 2. The van der Waals surface area contributed by atoms with Crippen LogP contribution in [-0.2, 0) is 0 Å². The van der Waals surface area contributed by atoms with Crippen LogP contribution in [0.5, 0.6) is 0 Å². The van der Waals surface area contributed by atoms with Gasteiger partial charge in [-0.3, -0.25) is 4.79 Å². The molecule has 2 aromatic rings. The van der Waals surface area contributed by atoms with Crippen LogP contribution in [0.1, 0.15) is 20.8 Å². The van der Waals surface area contributed by atoms with Gasteiger partial charge in [-0.2, -0.15) is 0 Å². The zero-order valence-corrected chi connectivity index (χ0v) is 13.5. The average molecular weight is 395 g/mol. The van der Waals surface area contributed by atoms with Crippen LogP contribution >= 0.6 is 54.8 Å². The zero-order valence-electron chi connectivity index (χ0n) is 8.76. The molecule has 88 valence electrons. The van der Waals surface area contributed by atoms with Gasteiger partial charge in [-0.25, -0.2) is 0 Å². The first-order chi connectivity index (χ1) is 8.02. The lowest BCUT2D eigenvalue weighted by atomic mass is 10.0. The molecular weight excluding hydrogens is 387 g/mol. The van der Waals surface area contributed by atoms with E-state index >= 15 is 0 Å². The van der Waals surface area contributed by atoms with Gasteiger partial charge in [0.1, 0.15) is 0 Å². The Morgan fingerprint density at radius 3 is 2.65 bits per heavy atom. The molecular formula is C12H7Br2ClOS. The summed E-state index contributed by atoms with van der Waals surface area (Å²) in [5.74, 6) is -0.00687. The third-order valence-electron chi connectivity index (χ3n) is 2.41. The van der Waals surface area contributed by atoms with Crippen molar-refractivity contribution in [2.75, 3.05) is 0 Å². The first-order valence-electron chi connectivity index (χ1n) is 4.74. The summed E-state index contributed by atoms with van der Waals surface area (Å²) in [6.45, 7) is 1.85. The second kappa shape index (κ2) is 5.22. The molecule has 0 amide bonds. The van der Waals surface area contributed by atoms with E-state index in [0.29, 0.717) is 15.5 Å². The van der Waals surface area contributed by atoms with Gasteiger partial charge in [-0.1, -0.05) is 23.7 Å². The number of ketones is 1. The van der Waals surface area contributed by atoms with E-state index in [1.165, 1.54) is 11.3 Å². The molecule has 0 bridgehead atoms. The van der Waals surface area contributed by atoms with E-state index in [1.54, 1.807) is 18.2 Å². The van der Waals surface area contributed by atoms with Gasteiger partial charge >= 0.3 is 0 Å². The van der Waals surface area contributed by atoms with Crippen LogP contribution in [0.2, 0.25) is 5.02 Å². The first kappa shape index (κ1) is 13.3. The quantitative estimate of drug-likeness (QED) is 0.618. The fourth-order valence-electron chi connectivity index (χ4n) is 1.45. The second-order valence-corrected chi connectivity index (χ2v) is 6.40. The number of thiophene rings is 1. The van der Waals surface area contributed by atoms with E-state index in [4.69, 9.17) is 11.6 Å². The lowest BCUT2D eigenvalue weighted by Gasteiger charge is -2.05. The smallest absolute Gasteiger partial charge is 0.204 e. The molecule has 0 fully saturated rings. The number of hydrogen-bond acceptors (Lipinski definition) is 2. The normalized spacial score (nSPS) is 10.6. The third kappa shape index (κ3) is 2.50. The van der Waals surface area contributed by atoms with Gasteiger partial charge < -0.3 is 0 Å². The average Bonchev–Trinajstić information content (AvgIpc) is 2.63. The molecule has 2 rings (SSSR count). The molecule has 5 heteroatoms. The molecule has 0 spiro atoms. The van der Waals surface area contributed by atoms with E-state index < -0.39 is 0 Å². The van der Waals surface area contributed by atoms with Crippen molar-refractivity contribution in [3.8, 4) is 0 Å². The summed E-state index contributed by atoms with van der Waals surface area (Å²) >= 11 is 14.2. The maximum Gasteiger partial charge on any atom is 0.204 e. The van der Waals surface area contributed by atoms with Crippen molar-refractivity contribution in [3.63, 3.8) is 0 Å². The summed E-state index contributed by atoms with van der Waals surface area (Å²) in [5.41, 5.74) is 1.46. The number of hydrogen-bond donors (Lipinski definition) is 0. The van der Waals surface area contributed by atoms with Crippen LogP contribution in [0.25, 0.3) is 0 Å². The Morgan fingerprint density at radius 2 is 2.06 bits per heavy atom. The summed E-state index contributed by atoms with van der Waals surface area (Å²) in [5, 5.41) is 2.50.